The number of carbonyl (C=O) groups is 1. The van der Waals surface area contributed by atoms with Gasteiger partial charge in [-0.2, -0.15) is 0 Å². The zero-order valence-corrected chi connectivity index (χ0v) is 12.8. The number of nitrogen functional groups attached to an aromatic ring is 1. The van der Waals surface area contributed by atoms with Crippen molar-refractivity contribution >= 4 is 17.3 Å². The summed E-state index contributed by atoms with van der Waals surface area (Å²) in [6, 6.07) is 5.32. The van der Waals surface area contributed by atoms with Crippen LogP contribution in [0.3, 0.4) is 0 Å². The van der Waals surface area contributed by atoms with E-state index >= 15 is 0 Å². The van der Waals surface area contributed by atoms with Crippen LogP contribution in [0.1, 0.15) is 31.1 Å². The molecule has 20 heavy (non-hydrogen) atoms. The highest BCUT2D eigenvalue weighted by Crippen LogP contribution is 2.23. The predicted octanol–water partition coefficient (Wildman–Crippen LogP) is 1.88. The molecule has 1 aromatic rings. The molecular weight excluding hydrogens is 254 g/mol. The van der Waals surface area contributed by atoms with E-state index in [1.807, 2.05) is 38.8 Å². The van der Waals surface area contributed by atoms with Gasteiger partial charge in [0.2, 0.25) is 0 Å². The maximum Gasteiger partial charge on any atom is 0.251 e. The molecule has 0 aliphatic carbocycles. The minimum Gasteiger partial charge on any atom is -0.397 e. The van der Waals surface area contributed by atoms with Gasteiger partial charge < -0.3 is 20.7 Å². The van der Waals surface area contributed by atoms with Crippen LogP contribution in [-0.2, 0) is 4.74 Å². The van der Waals surface area contributed by atoms with Crippen LogP contribution in [0.25, 0.3) is 0 Å². The second kappa shape index (κ2) is 7.75. The quantitative estimate of drug-likeness (QED) is 0.748. The SMILES string of the molecule is CCNC(=O)c1ccc(N)c(N(C)CCOC(C)C)c1. The number of ether oxygens (including phenoxy) is 1. The maximum absolute atomic E-state index is 11.8. The Hall–Kier alpha value is -1.75. The van der Waals surface area contributed by atoms with Gasteiger partial charge in [-0.15, -0.1) is 0 Å². The minimum atomic E-state index is -0.0828. The van der Waals surface area contributed by atoms with E-state index in [2.05, 4.69) is 5.32 Å². The summed E-state index contributed by atoms with van der Waals surface area (Å²) < 4.78 is 5.53. The summed E-state index contributed by atoms with van der Waals surface area (Å²) in [5.41, 5.74) is 8.11. The fraction of sp³-hybridized carbons (Fsp3) is 0.533. The molecular formula is C15H25N3O2. The number of rotatable bonds is 7. The Morgan fingerprint density at radius 1 is 1.45 bits per heavy atom. The normalized spacial score (nSPS) is 10.7. The van der Waals surface area contributed by atoms with Gasteiger partial charge in [-0.3, -0.25) is 4.79 Å². The van der Waals surface area contributed by atoms with Crippen molar-refractivity contribution < 1.29 is 9.53 Å². The number of carbonyl (C=O) groups excluding carboxylic acids is 1. The lowest BCUT2D eigenvalue weighted by molar-refractivity contribution is 0.0846. The molecule has 1 rings (SSSR count). The highest BCUT2D eigenvalue weighted by atomic mass is 16.5. The van der Waals surface area contributed by atoms with Gasteiger partial charge in [0.1, 0.15) is 0 Å². The summed E-state index contributed by atoms with van der Waals surface area (Å²) >= 11 is 0. The second-order valence-electron chi connectivity index (χ2n) is 4.97. The van der Waals surface area contributed by atoms with Gasteiger partial charge in [0.15, 0.2) is 0 Å². The number of likely N-dealkylation sites (N-methyl/N-ethyl adjacent to an activating group) is 1. The average molecular weight is 279 g/mol. The molecule has 0 radical (unpaired) electrons. The van der Waals surface area contributed by atoms with Crippen LogP contribution >= 0.6 is 0 Å². The second-order valence-corrected chi connectivity index (χ2v) is 4.97. The molecule has 3 N–H and O–H groups in total. The molecule has 0 aliphatic heterocycles. The third-order valence-electron chi connectivity index (χ3n) is 2.92. The molecule has 5 heteroatoms. The molecule has 0 spiro atoms. The van der Waals surface area contributed by atoms with E-state index in [9.17, 15) is 4.79 Å². The summed E-state index contributed by atoms with van der Waals surface area (Å²) in [5.74, 6) is -0.0828. The van der Waals surface area contributed by atoms with Gasteiger partial charge in [-0.05, 0) is 39.0 Å². The van der Waals surface area contributed by atoms with Crippen LogP contribution in [0, 0.1) is 0 Å². The first-order chi connectivity index (χ1) is 9.45. The van der Waals surface area contributed by atoms with E-state index < -0.39 is 0 Å². The molecule has 0 unspecified atom stereocenters. The monoisotopic (exact) mass is 279 g/mol. The van der Waals surface area contributed by atoms with E-state index in [4.69, 9.17) is 10.5 Å². The van der Waals surface area contributed by atoms with Gasteiger partial charge in [0, 0.05) is 25.7 Å². The van der Waals surface area contributed by atoms with Crippen LogP contribution in [0.2, 0.25) is 0 Å². The van der Waals surface area contributed by atoms with Gasteiger partial charge in [0.05, 0.1) is 24.1 Å². The van der Waals surface area contributed by atoms with Crippen molar-refractivity contribution in [3.63, 3.8) is 0 Å². The van der Waals surface area contributed by atoms with Crippen molar-refractivity contribution in [1.29, 1.82) is 0 Å². The van der Waals surface area contributed by atoms with Crippen LogP contribution in [-0.4, -0.2) is 38.8 Å². The number of nitrogens with two attached hydrogens (primary N) is 1. The molecule has 0 aliphatic rings. The van der Waals surface area contributed by atoms with E-state index in [-0.39, 0.29) is 12.0 Å². The van der Waals surface area contributed by atoms with Crippen molar-refractivity contribution in [2.75, 3.05) is 37.4 Å². The lowest BCUT2D eigenvalue weighted by Gasteiger charge is -2.22. The third-order valence-corrected chi connectivity index (χ3v) is 2.92. The van der Waals surface area contributed by atoms with Crippen molar-refractivity contribution in [2.24, 2.45) is 0 Å². The third kappa shape index (κ3) is 4.74. The number of benzene rings is 1. The fourth-order valence-corrected chi connectivity index (χ4v) is 1.82. The molecule has 0 fully saturated rings. The van der Waals surface area contributed by atoms with Crippen molar-refractivity contribution in [2.45, 2.75) is 26.9 Å². The van der Waals surface area contributed by atoms with Crippen molar-refractivity contribution in [3.05, 3.63) is 23.8 Å². The molecule has 0 bridgehead atoms. The fourth-order valence-electron chi connectivity index (χ4n) is 1.82. The Balaban J connectivity index is 2.77. The summed E-state index contributed by atoms with van der Waals surface area (Å²) in [4.78, 5) is 13.8. The average Bonchev–Trinajstić information content (AvgIpc) is 2.38. The van der Waals surface area contributed by atoms with Crippen LogP contribution in [0.5, 0.6) is 0 Å². The van der Waals surface area contributed by atoms with Gasteiger partial charge in [-0.1, -0.05) is 0 Å². The number of hydrogen-bond acceptors (Lipinski definition) is 4. The first-order valence-corrected chi connectivity index (χ1v) is 6.96. The van der Waals surface area contributed by atoms with Gasteiger partial charge in [0.25, 0.3) is 5.91 Å². The molecule has 1 amide bonds. The molecule has 0 aromatic heterocycles. The zero-order valence-electron chi connectivity index (χ0n) is 12.8. The highest BCUT2D eigenvalue weighted by molar-refractivity contribution is 5.96. The number of anilines is 2. The molecule has 0 heterocycles. The first-order valence-electron chi connectivity index (χ1n) is 6.96. The Kier molecular flexibility index (Phi) is 6.31. The number of amides is 1. The van der Waals surface area contributed by atoms with Crippen molar-refractivity contribution in [1.82, 2.24) is 5.32 Å². The lowest BCUT2D eigenvalue weighted by atomic mass is 10.1. The Labute approximate surface area is 121 Å². The Bertz CT molecular complexity index is 447. The summed E-state index contributed by atoms with van der Waals surface area (Å²) in [5, 5.41) is 2.78. The van der Waals surface area contributed by atoms with Gasteiger partial charge in [-0.25, -0.2) is 0 Å². The van der Waals surface area contributed by atoms with E-state index in [0.717, 1.165) is 12.2 Å². The Morgan fingerprint density at radius 2 is 2.15 bits per heavy atom. The lowest BCUT2D eigenvalue weighted by Crippen LogP contribution is -2.26. The zero-order chi connectivity index (χ0) is 15.1. The Morgan fingerprint density at radius 3 is 2.75 bits per heavy atom. The van der Waals surface area contributed by atoms with Crippen LogP contribution < -0.4 is 16.0 Å². The number of nitrogens with zero attached hydrogens (tertiary/aromatic N) is 1. The van der Waals surface area contributed by atoms with Crippen molar-refractivity contribution in [3.8, 4) is 0 Å². The summed E-state index contributed by atoms with van der Waals surface area (Å²) in [6.45, 7) is 7.86. The standard InChI is InChI=1S/C15H25N3O2/c1-5-17-15(19)12-6-7-13(16)14(10-12)18(4)8-9-20-11(2)3/h6-7,10-11H,5,8-9,16H2,1-4H3,(H,17,19). The number of hydrogen-bond donors (Lipinski definition) is 2. The molecule has 112 valence electrons. The highest BCUT2D eigenvalue weighted by Gasteiger charge is 2.10. The maximum atomic E-state index is 11.8. The van der Waals surface area contributed by atoms with Gasteiger partial charge >= 0.3 is 0 Å². The smallest absolute Gasteiger partial charge is 0.251 e. The predicted molar refractivity (Wildman–Crippen MR) is 83.2 cm³/mol. The van der Waals surface area contributed by atoms with E-state index in [1.165, 1.54) is 0 Å². The molecule has 5 nitrogen and oxygen atoms in total. The van der Waals surface area contributed by atoms with Crippen LogP contribution in [0.4, 0.5) is 11.4 Å². The molecule has 1 aromatic carbocycles. The summed E-state index contributed by atoms with van der Waals surface area (Å²) in [7, 11) is 1.94. The van der Waals surface area contributed by atoms with E-state index in [0.29, 0.717) is 24.4 Å². The first kappa shape index (κ1) is 16.3. The van der Waals surface area contributed by atoms with E-state index in [1.54, 1.807) is 12.1 Å². The number of nitrogens with one attached hydrogen (secondary N) is 1. The molecule has 0 saturated carbocycles. The minimum absolute atomic E-state index is 0.0828. The topological polar surface area (TPSA) is 67.6 Å². The largest absolute Gasteiger partial charge is 0.397 e. The molecule has 0 atom stereocenters. The van der Waals surface area contributed by atoms with Crippen LogP contribution in [0.15, 0.2) is 18.2 Å². The summed E-state index contributed by atoms with van der Waals surface area (Å²) in [6.07, 6.45) is 0.211. The molecule has 0 saturated heterocycles.